The first-order chi connectivity index (χ1) is 12.4. The maximum absolute atomic E-state index is 12.0. The summed E-state index contributed by atoms with van der Waals surface area (Å²) >= 11 is 0. The molecule has 0 unspecified atom stereocenters. The Labute approximate surface area is 154 Å². The molecule has 1 saturated carbocycles. The Morgan fingerprint density at radius 3 is 2.58 bits per heavy atom. The topological polar surface area (TPSA) is 87.6 Å². The predicted octanol–water partition coefficient (Wildman–Crippen LogP) is 3.08. The summed E-state index contributed by atoms with van der Waals surface area (Å²) < 4.78 is 0. The molecule has 138 valence electrons. The summed E-state index contributed by atoms with van der Waals surface area (Å²) in [7, 11) is 2.04. The molecule has 0 radical (unpaired) electrons. The zero-order valence-corrected chi connectivity index (χ0v) is 15.6. The van der Waals surface area contributed by atoms with Crippen molar-refractivity contribution in [3.63, 3.8) is 0 Å². The highest BCUT2D eigenvalue weighted by atomic mass is 16.2. The second-order valence-electron chi connectivity index (χ2n) is 7.09. The molecule has 0 atom stereocenters. The Morgan fingerprint density at radius 2 is 1.96 bits per heavy atom. The first-order valence-corrected chi connectivity index (χ1v) is 8.88. The summed E-state index contributed by atoms with van der Waals surface area (Å²) in [4.78, 5) is 14.2. The summed E-state index contributed by atoms with van der Waals surface area (Å²) in [5.74, 6) is 11.8. The number of amides is 2. The van der Waals surface area contributed by atoms with Gasteiger partial charge in [-0.2, -0.15) is 0 Å². The van der Waals surface area contributed by atoms with Crippen molar-refractivity contribution in [1.29, 1.82) is 0 Å². The van der Waals surface area contributed by atoms with E-state index in [0.29, 0.717) is 11.6 Å². The average molecular weight is 353 g/mol. The van der Waals surface area contributed by atoms with E-state index in [9.17, 15) is 4.79 Å². The number of benzene rings is 2. The van der Waals surface area contributed by atoms with Crippen molar-refractivity contribution in [1.82, 2.24) is 5.43 Å². The Bertz CT molecular complexity index is 816. The zero-order chi connectivity index (χ0) is 18.8. The molecule has 0 saturated heterocycles. The summed E-state index contributed by atoms with van der Waals surface area (Å²) in [6.45, 7) is 4.96. The van der Waals surface area contributed by atoms with Crippen LogP contribution in [0.25, 0.3) is 0 Å². The number of anilines is 2. The lowest BCUT2D eigenvalue weighted by molar-refractivity contribution is 0.246. The van der Waals surface area contributed by atoms with Crippen LogP contribution in [0.1, 0.15) is 41.0 Å². The molecule has 26 heavy (non-hydrogen) atoms. The van der Waals surface area contributed by atoms with Gasteiger partial charge in [-0.1, -0.05) is 35.9 Å². The van der Waals surface area contributed by atoms with Crippen LogP contribution in [0, 0.1) is 13.8 Å². The normalized spacial score (nSPS) is 13.4. The van der Waals surface area contributed by atoms with Crippen molar-refractivity contribution in [3.05, 3.63) is 58.7 Å². The molecule has 3 rings (SSSR count). The number of nitrogens with one attached hydrogen (secondary N) is 1. The number of aryl methyl sites for hydroxylation is 2. The second kappa shape index (κ2) is 7.35. The number of nitrogens with two attached hydrogens (primary N) is 2. The van der Waals surface area contributed by atoms with E-state index in [0.717, 1.165) is 17.2 Å². The van der Waals surface area contributed by atoms with E-state index in [4.69, 9.17) is 11.7 Å². The van der Waals surface area contributed by atoms with Gasteiger partial charge in [-0.05, 0) is 55.4 Å². The van der Waals surface area contributed by atoms with Crippen molar-refractivity contribution in [2.45, 2.75) is 39.2 Å². The lowest BCUT2D eigenvalue weighted by Gasteiger charge is -2.29. The average Bonchev–Trinajstić information content (AvgIpc) is 3.47. The minimum absolute atomic E-state index is 0.529. The highest BCUT2D eigenvalue weighted by molar-refractivity contribution is 5.95. The van der Waals surface area contributed by atoms with Crippen molar-refractivity contribution in [3.8, 4) is 0 Å². The first kappa shape index (κ1) is 18.2. The minimum atomic E-state index is -0.542. The minimum Gasteiger partial charge on any atom is -0.368 e. The number of hydrazine groups is 2. The van der Waals surface area contributed by atoms with E-state index in [2.05, 4.69) is 48.4 Å². The predicted molar refractivity (Wildman–Crippen MR) is 106 cm³/mol. The van der Waals surface area contributed by atoms with Gasteiger partial charge in [0.25, 0.3) is 0 Å². The van der Waals surface area contributed by atoms with Crippen LogP contribution < -0.4 is 27.0 Å². The van der Waals surface area contributed by atoms with Crippen molar-refractivity contribution in [2.24, 2.45) is 11.7 Å². The van der Waals surface area contributed by atoms with Gasteiger partial charge in [-0.15, -0.1) is 0 Å². The van der Waals surface area contributed by atoms with E-state index >= 15 is 0 Å². The molecule has 1 aliphatic rings. The van der Waals surface area contributed by atoms with Gasteiger partial charge in [0.05, 0.1) is 11.4 Å². The molecule has 5 N–H and O–H groups in total. The van der Waals surface area contributed by atoms with Gasteiger partial charge in [0, 0.05) is 13.6 Å². The Balaban J connectivity index is 1.99. The van der Waals surface area contributed by atoms with Crippen molar-refractivity contribution < 1.29 is 4.79 Å². The van der Waals surface area contributed by atoms with Crippen molar-refractivity contribution >= 4 is 17.4 Å². The van der Waals surface area contributed by atoms with Gasteiger partial charge in [-0.3, -0.25) is 5.43 Å². The smallest absolute Gasteiger partial charge is 0.350 e. The van der Waals surface area contributed by atoms with E-state index in [-0.39, 0.29) is 0 Å². The molecular weight excluding hydrogens is 326 g/mol. The summed E-state index contributed by atoms with van der Waals surface area (Å²) in [6, 6.07) is 11.9. The van der Waals surface area contributed by atoms with Crippen LogP contribution in [0.3, 0.4) is 0 Å². The van der Waals surface area contributed by atoms with Crippen LogP contribution in [-0.4, -0.2) is 13.1 Å². The molecule has 0 aliphatic heterocycles. The third kappa shape index (κ3) is 3.66. The number of para-hydroxylation sites is 1. The summed E-state index contributed by atoms with van der Waals surface area (Å²) in [5.41, 5.74) is 8.74. The molecule has 2 aromatic rings. The van der Waals surface area contributed by atoms with Gasteiger partial charge >= 0.3 is 6.03 Å². The molecule has 2 amide bonds. The van der Waals surface area contributed by atoms with Crippen LogP contribution in [0.15, 0.2) is 36.4 Å². The van der Waals surface area contributed by atoms with Crippen LogP contribution in [0.5, 0.6) is 0 Å². The highest BCUT2D eigenvalue weighted by Gasteiger charge is 2.30. The number of rotatable bonds is 5. The Morgan fingerprint density at radius 1 is 1.23 bits per heavy atom. The van der Waals surface area contributed by atoms with Crippen LogP contribution in [-0.2, 0) is 6.54 Å². The fraction of sp³-hybridized carbons (Fsp3) is 0.350. The fourth-order valence-corrected chi connectivity index (χ4v) is 3.42. The highest BCUT2D eigenvalue weighted by Crippen LogP contribution is 2.47. The maximum Gasteiger partial charge on any atom is 0.350 e. The number of carbonyl (C=O) groups is 1. The zero-order valence-electron chi connectivity index (χ0n) is 15.6. The van der Waals surface area contributed by atoms with E-state index < -0.39 is 6.03 Å². The van der Waals surface area contributed by atoms with Crippen LogP contribution in [0.2, 0.25) is 0 Å². The molecule has 6 heteroatoms. The molecule has 1 fully saturated rings. The van der Waals surface area contributed by atoms with Gasteiger partial charge in [-0.25, -0.2) is 21.5 Å². The third-order valence-electron chi connectivity index (χ3n) is 4.95. The van der Waals surface area contributed by atoms with Gasteiger partial charge in [0.1, 0.15) is 0 Å². The van der Waals surface area contributed by atoms with Gasteiger partial charge in [0.15, 0.2) is 0 Å². The third-order valence-corrected chi connectivity index (χ3v) is 4.95. The standard InChI is InChI=1S/C20H27N5O/c1-13-7-8-16(14(2)11-13)12-24(3)19-17(15-9-10-15)5-4-6-18(19)25(22)20(26)23-21/h4-8,11,15H,9-10,12,21-22H2,1-3H3,(H,23,26). The SMILES string of the molecule is Cc1ccc(CN(C)c2c(C3CC3)cccc2N(N)C(=O)NN)c(C)c1. The molecular formula is C20H27N5O. The lowest BCUT2D eigenvalue weighted by Crippen LogP contribution is -2.48. The molecule has 0 spiro atoms. The van der Waals surface area contributed by atoms with E-state index in [1.807, 2.05) is 19.2 Å². The first-order valence-electron chi connectivity index (χ1n) is 8.88. The second-order valence-corrected chi connectivity index (χ2v) is 7.09. The van der Waals surface area contributed by atoms with Crippen LogP contribution >= 0.6 is 0 Å². The maximum atomic E-state index is 12.0. The fourth-order valence-electron chi connectivity index (χ4n) is 3.42. The molecule has 0 bridgehead atoms. The number of carbonyl (C=O) groups excluding carboxylic acids is 1. The lowest BCUT2D eigenvalue weighted by atomic mass is 10.0. The number of nitrogens with zero attached hydrogens (tertiary/aromatic N) is 2. The van der Waals surface area contributed by atoms with Gasteiger partial charge in [0.2, 0.25) is 0 Å². The number of urea groups is 1. The molecule has 0 heterocycles. The molecule has 6 nitrogen and oxygen atoms in total. The number of hydrogen-bond acceptors (Lipinski definition) is 4. The number of hydrogen-bond donors (Lipinski definition) is 3. The van der Waals surface area contributed by atoms with E-state index in [1.54, 1.807) is 0 Å². The molecule has 0 aromatic heterocycles. The monoisotopic (exact) mass is 353 g/mol. The quantitative estimate of drug-likeness (QED) is 0.438. The largest absolute Gasteiger partial charge is 0.368 e. The van der Waals surface area contributed by atoms with Crippen molar-refractivity contribution in [2.75, 3.05) is 17.0 Å². The Hall–Kier alpha value is -2.57. The van der Waals surface area contributed by atoms with Crippen LogP contribution in [0.4, 0.5) is 16.2 Å². The molecule has 2 aromatic carbocycles. The van der Waals surface area contributed by atoms with E-state index in [1.165, 1.54) is 35.1 Å². The molecule has 1 aliphatic carbocycles. The summed E-state index contributed by atoms with van der Waals surface area (Å²) in [5, 5.41) is 1.08. The van der Waals surface area contributed by atoms with Gasteiger partial charge < -0.3 is 4.90 Å². The Kier molecular flexibility index (Phi) is 5.15. The summed E-state index contributed by atoms with van der Waals surface area (Å²) in [6.07, 6.45) is 2.34.